The highest BCUT2D eigenvalue weighted by atomic mass is 16.5. The minimum atomic E-state index is -0.878. The van der Waals surface area contributed by atoms with Crippen molar-refractivity contribution >= 4 is 28.6 Å². The Morgan fingerprint density at radius 1 is 0.976 bits per heavy atom. The average molecular weight is 567 g/mol. The summed E-state index contributed by atoms with van der Waals surface area (Å²) in [7, 11) is 2.04. The molecule has 1 atom stereocenters. The molecule has 0 radical (unpaired) electrons. The number of ketones is 1. The molecule has 3 amide bonds. The van der Waals surface area contributed by atoms with Crippen LogP contribution in [0.5, 0.6) is 5.75 Å². The quantitative estimate of drug-likeness (QED) is 0.219. The normalized spacial score (nSPS) is 14.4. The molecule has 1 saturated heterocycles. The van der Waals surface area contributed by atoms with Crippen LogP contribution in [0.25, 0.3) is 22.0 Å². The fourth-order valence-electron chi connectivity index (χ4n) is 5.18. The van der Waals surface area contributed by atoms with E-state index in [1.54, 1.807) is 13.0 Å². The number of hydrogen-bond acceptors (Lipinski definition) is 7. The van der Waals surface area contributed by atoms with Gasteiger partial charge in [-0.15, -0.1) is 0 Å². The zero-order valence-corrected chi connectivity index (χ0v) is 23.7. The zero-order chi connectivity index (χ0) is 29.8. The van der Waals surface area contributed by atoms with Gasteiger partial charge in [0.15, 0.2) is 17.8 Å². The van der Waals surface area contributed by atoms with Gasteiger partial charge in [-0.2, -0.15) is 0 Å². The van der Waals surface area contributed by atoms with Crippen molar-refractivity contribution in [2.45, 2.75) is 13.2 Å². The fraction of sp³-hybridized carbons (Fsp3) is 0.250. The predicted molar refractivity (Wildman–Crippen MR) is 161 cm³/mol. The van der Waals surface area contributed by atoms with Crippen LogP contribution in [0.4, 0.5) is 4.79 Å². The summed E-state index contributed by atoms with van der Waals surface area (Å²) in [5.74, 6) is -0.247. The molecule has 1 aliphatic heterocycles. The molecule has 216 valence electrons. The number of benzene rings is 3. The molecular weight excluding hydrogens is 532 g/mol. The lowest BCUT2D eigenvalue weighted by molar-refractivity contribution is 0.0664. The number of aryl methyl sites for hydroxylation is 1. The molecule has 4 aromatic rings. The lowest BCUT2D eigenvalue weighted by atomic mass is 9.93. The van der Waals surface area contributed by atoms with Crippen LogP contribution < -0.4 is 21.5 Å². The van der Waals surface area contributed by atoms with Crippen LogP contribution in [0.15, 0.2) is 72.8 Å². The first-order chi connectivity index (χ1) is 20.2. The Hall–Kier alpha value is -4.80. The first kappa shape index (κ1) is 28.7. The molecule has 0 saturated carbocycles. The van der Waals surface area contributed by atoms with Crippen molar-refractivity contribution in [1.29, 1.82) is 0 Å². The number of amides is 3. The van der Waals surface area contributed by atoms with Crippen LogP contribution in [-0.4, -0.2) is 72.3 Å². The van der Waals surface area contributed by atoms with Gasteiger partial charge in [0.1, 0.15) is 0 Å². The van der Waals surface area contributed by atoms with Gasteiger partial charge in [-0.25, -0.2) is 9.78 Å². The number of fused-ring (bicyclic) bond motifs is 1. The molecule has 3 aromatic carbocycles. The third-order valence-corrected chi connectivity index (χ3v) is 7.42. The zero-order valence-electron chi connectivity index (χ0n) is 23.7. The summed E-state index contributed by atoms with van der Waals surface area (Å²) in [5.41, 5.74) is 15.7. The van der Waals surface area contributed by atoms with E-state index in [0.717, 1.165) is 18.7 Å². The van der Waals surface area contributed by atoms with Crippen LogP contribution in [-0.2, 0) is 0 Å². The van der Waals surface area contributed by atoms with Crippen LogP contribution in [0.2, 0.25) is 0 Å². The summed E-state index contributed by atoms with van der Waals surface area (Å²) in [6, 6.07) is 21.3. The Morgan fingerprint density at radius 3 is 2.40 bits per heavy atom. The average Bonchev–Trinajstić information content (AvgIpc) is 3.00. The van der Waals surface area contributed by atoms with Gasteiger partial charge < -0.3 is 25.6 Å². The molecule has 5 N–H and O–H groups in total. The third kappa shape index (κ3) is 6.09. The van der Waals surface area contributed by atoms with Crippen molar-refractivity contribution in [2.24, 2.45) is 11.5 Å². The van der Waals surface area contributed by atoms with E-state index in [-0.39, 0.29) is 23.8 Å². The SMILES string of the molecule is Cc1nc2cccc(-c3cccc(C(=O)N4CCN(C)CC4)c3)c2c(C(=O)CNC(N)=O)c1OC(N)c1ccccc1. The summed E-state index contributed by atoms with van der Waals surface area (Å²) < 4.78 is 6.22. The number of nitrogens with zero attached hydrogens (tertiary/aromatic N) is 3. The second-order valence-corrected chi connectivity index (χ2v) is 10.4. The van der Waals surface area contributed by atoms with Gasteiger partial charge in [-0.05, 0) is 43.3 Å². The number of nitrogens with one attached hydrogen (secondary N) is 1. The summed E-state index contributed by atoms with van der Waals surface area (Å²) in [4.78, 5) is 47.5. The molecule has 1 unspecified atom stereocenters. The first-order valence-corrected chi connectivity index (χ1v) is 13.8. The Balaban J connectivity index is 1.63. The number of nitrogens with two attached hydrogens (primary N) is 2. The fourth-order valence-corrected chi connectivity index (χ4v) is 5.18. The molecule has 10 heteroatoms. The number of piperazine rings is 1. The molecule has 1 aromatic heterocycles. The van der Waals surface area contributed by atoms with E-state index in [0.29, 0.717) is 46.4 Å². The van der Waals surface area contributed by atoms with Crippen LogP contribution in [0.1, 0.15) is 38.2 Å². The van der Waals surface area contributed by atoms with E-state index in [1.165, 1.54) is 0 Å². The van der Waals surface area contributed by atoms with Gasteiger partial charge in [0.05, 0.1) is 23.3 Å². The summed E-state index contributed by atoms with van der Waals surface area (Å²) in [5, 5.41) is 2.92. The standard InChI is InChI=1S/C32H34N6O4/c1-20-29(42-30(33)21-8-4-3-5-9-21)28(26(39)19-35-32(34)41)27-24(12-7-13-25(27)36-20)22-10-6-11-23(18-22)31(40)38-16-14-37(2)15-17-38/h3-13,18,30H,14-17,19,33H2,1-2H3,(H3,34,35,41). The molecule has 0 spiro atoms. The Morgan fingerprint density at radius 2 is 1.69 bits per heavy atom. The molecule has 10 nitrogen and oxygen atoms in total. The highest BCUT2D eigenvalue weighted by molar-refractivity contribution is 6.15. The number of carbonyl (C=O) groups is 3. The largest absolute Gasteiger partial charge is 0.469 e. The molecule has 42 heavy (non-hydrogen) atoms. The van der Waals surface area contributed by atoms with Crippen molar-refractivity contribution in [3.8, 4) is 16.9 Å². The third-order valence-electron chi connectivity index (χ3n) is 7.42. The second-order valence-electron chi connectivity index (χ2n) is 10.4. The van der Waals surface area contributed by atoms with Gasteiger partial charge >= 0.3 is 6.03 Å². The van der Waals surface area contributed by atoms with Crippen LogP contribution in [0, 0.1) is 6.92 Å². The van der Waals surface area contributed by atoms with Crippen molar-refractivity contribution in [2.75, 3.05) is 39.8 Å². The highest BCUT2D eigenvalue weighted by Gasteiger charge is 2.26. The maximum Gasteiger partial charge on any atom is 0.312 e. The van der Waals surface area contributed by atoms with E-state index in [9.17, 15) is 14.4 Å². The molecule has 1 fully saturated rings. The van der Waals surface area contributed by atoms with Gasteiger partial charge in [0, 0.05) is 42.7 Å². The van der Waals surface area contributed by atoms with E-state index < -0.39 is 18.0 Å². The van der Waals surface area contributed by atoms with Gasteiger partial charge in [-0.3, -0.25) is 15.3 Å². The highest BCUT2D eigenvalue weighted by Crippen LogP contribution is 2.38. The Bertz CT molecular complexity index is 1630. The number of hydrogen-bond donors (Lipinski definition) is 3. The van der Waals surface area contributed by atoms with Crippen LogP contribution >= 0.6 is 0 Å². The van der Waals surface area contributed by atoms with Gasteiger partial charge in [0.2, 0.25) is 0 Å². The summed E-state index contributed by atoms with van der Waals surface area (Å²) >= 11 is 0. The Kier molecular flexibility index (Phi) is 8.46. The van der Waals surface area contributed by atoms with E-state index in [2.05, 4.69) is 10.2 Å². The summed E-state index contributed by atoms with van der Waals surface area (Å²) in [6.45, 7) is 4.35. The first-order valence-electron chi connectivity index (χ1n) is 13.8. The minimum absolute atomic E-state index is 0.0426. The second kappa shape index (κ2) is 12.4. The molecule has 0 bridgehead atoms. The maximum absolute atomic E-state index is 13.8. The smallest absolute Gasteiger partial charge is 0.312 e. The van der Waals surface area contributed by atoms with Crippen molar-refractivity contribution in [3.63, 3.8) is 0 Å². The van der Waals surface area contributed by atoms with Crippen molar-refractivity contribution in [3.05, 3.63) is 95.2 Å². The van der Waals surface area contributed by atoms with Crippen molar-refractivity contribution < 1.29 is 19.1 Å². The van der Waals surface area contributed by atoms with E-state index >= 15 is 0 Å². The predicted octanol–water partition coefficient (Wildman–Crippen LogP) is 3.49. The summed E-state index contributed by atoms with van der Waals surface area (Å²) in [6.07, 6.45) is -0.878. The molecule has 1 aliphatic rings. The number of rotatable bonds is 8. The molecule has 2 heterocycles. The number of Topliss-reactive ketones (excluding diaryl/α,β-unsaturated/α-hetero) is 1. The maximum atomic E-state index is 13.8. The number of urea groups is 1. The van der Waals surface area contributed by atoms with Crippen LogP contribution in [0.3, 0.4) is 0 Å². The lowest BCUT2D eigenvalue weighted by Crippen LogP contribution is -2.47. The van der Waals surface area contributed by atoms with Gasteiger partial charge in [-0.1, -0.05) is 54.6 Å². The molecule has 0 aliphatic carbocycles. The lowest BCUT2D eigenvalue weighted by Gasteiger charge is -2.32. The van der Waals surface area contributed by atoms with Gasteiger partial charge in [0.25, 0.3) is 5.91 Å². The Labute approximate surface area is 244 Å². The molecular formula is C32H34N6O4. The number of ether oxygens (including phenoxy) is 1. The minimum Gasteiger partial charge on any atom is -0.469 e. The number of pyridine rings is 1. The van der Waals surface area contributed by atoms with E-state index in [4.69, 9.17) is 21.2 Å². The number of likely N-dealkylation sites (N-methyl/N-ethyl adjacent to an activating group) is 1. The molecule has 5 rings (SSSR count). The number of primary amides is 1. The topological polar surface area (TPSA) is 144 Å². The van der Waals surface area contributed by atoms with E-state index in [1.807, 2.05) is 78.7 Å². The monoisotopic (exact) mass is 566 g/mol. The number of aromatic nitrogens is 1. The number of carbonyl (C=O) groups excluding carboxylic acids is 3. The van der Waals surface area contributed by atoms with Crippen molar-refractivity contribution in [1.82, 2.24) is 20.1 Å².